The molecule has 0 saturated carbocycles. The topological polar surface area (TPSA) is 64.6 Å². The number of rotatable bonds is 2. The Kier molecular flexibility index (Phi) is 2.64. The van der Waals surface area contributed by atoms with E-state index in [4.69, 9.17) is 4.74 Å². The first kappa shape index (κ1) is 10.4. The van der Waals surface area contributed by atoms with Crippen molar-refractivity contribution in [3.05, 3.63) is 29.8 Å². The molecule has 15 heavy (non-hydrogen) atoms. The summed E-state index contributed by atoms with van der Waals surface area (Å²) in [6, 6.07) is 6.87. The monoisotopic (exact) mass is 229 g/mol. The van der Waals surface area contributed by atoms with E-state index in [9.17, 15) is 8.42 Å². The summed E-state index contributed by atoms with van der Waals surface area (Å²) in [4.78, 5) is 0. The Balaban J connectivity index is 2.17. The molecule has 5 nitrogen and oxygen atoms in total. The van der Waals surface area contributed by atoms with Crippen LogP contribution in [0.3, 0.4) is 0 Å². The van der Waals surface area contributed by atoms with Gasteiger partial charge in [0.1, 0.15) is 5.75 Å². The van der Waals surface area contributed by atoms with E-state index in [0.717, 1.165) is 11.3 Å². The number of methoxy groups -OCH3 is 1. The fourth-order valence-electron chi connectivity index (χ4n) is 1.40. The number of hydrogen-bond acceptors (Lipinski definition) is 4. The van der Waals surface area contributed by atoms with E-state index >= 15 is 0 Å². The molecule has 1 heterocycles. The molecule has 0 radical (unpaired) electrons. The van der Waals surface area contributed by atoms with E-state index in [1.165, 1.54) is 0 Å². The molecule has 0 bridgehead atoms. The van der Waals surface area contributed by atoms with Crippen LogP contribution in [0.1, 0.15) is 11.6 Å². The fourth-order valence-corrected chi connectivity index (χ4v) is 2.34. The molecule has 1 aromatic rings. The molecule has 1 aromatic carbocycles. The summed E-state index contributed by atoms with van der Waals surface area (Å²) >= 11 is 0. The summed E-state index contributed by atoms with van der Waals surface area (Å²) in [7, 11) is -1.96. The molecule has 0 spiro atoms. The summed E-state index contributed by atoms with van der Waals surface area (Å²) < 4.78 is 33.9. The van der Waals surface area contributed by atoms with Crippen molar-refractivity contribution in [3.63, 3.8) is 0 Å². The van der Waals surface area contributed by atoms with Gasteiger partial charge in [-0.2, -0.15) is 13.1 Å². The van der Waals surface area contributed by atoms with Crippen LogP contribution >= 0.6 is 0 Å². The maximum Gasteiger partial charge on any atom is 0.336 e. The van der Waals surface area contributed by atoms with Crippen molar-refractivity contribution in [1.29, 1.82) is 0 Å². The fraction of sp³-hybridized carbons (Fsp3) is 0.333. The van der Waals surface area contributed by atoms with Gasteiger partial charge in [0.25, 0.3) is 0 Å². The molecule has 1 aliphatic heterocycles. The van der Waals surface area contributed by atoms with Crippen molar-refractivity contribution < 1.29 is 17.3 Å². The molecule has 1 atom stereocenters. The van der Waals surface area contributed by atoms with Crippen molar-refractivity contribution >= 4 is 10.3 Å². The van der Waals surface area contributed by atoms with E-state index in [0.29, 0.717) is 0 Å². The van der Waals surface area contributed by atoms with Gasteiger partial charge in [-0.05, 0) is 17.7 Å². The first-order chi connectivity index (χ1) is 7.11. The SMILES string of the molecule is COc1ccc([C@H]2COS(=O)(=O)N2)cc1. The molecule has 0 aliphatic carbocycles. The predicted octanol–water partition coefficient (Wildman–Crippen LogP) is 0.601. The second-order valence-corrected chi connectivity index (χ2v) is 4.56. The molecular weight excluding hydrogens is 218 g/mol. The average molecular weight is 229 g/mol. The van der Waals surface area contributed by atoms with Gasteiger partial charge in [0.15, 0.2) is 0 Å². The highest BCUT2D eigenvalue weighted by molar-refractivity contribution is 7.84. The number of ether oxygens (including phenoxy) is 1. The maximum atomic E-state index is 11.0. The third-order valence-corrected chi connectivity index (χ3v) is 3.21. The lowest BCUT2D eigenvalue weighted by molar-refractivity contribution is 0.338. The van der Waals surface area contributed by atoms with Crippen molar-refractivity contribution in [1.82, 2.24) is 4.72 Å². The Morgan fingerprint density at radius 1 is 1.40 bits per heavy atom. The van der Waals surface area contributed by atoms with Crippen LogP contribution in [0, 0.1) is 0 Å². The molecule has 1 aliphatic rings. The maximum absolute atomic E-state index is 11.0. The summed E-state index contributed by atoms with van der Waals surface area (Å²) in [5.74, 6) is 0.737. The van der Waals surface area contributed by atoms with E-state index < -0.39 is 10.3 Å². The highest BCUT2D eigenvalue weighted by Crippen LogP contribution is 2.22. The largest absolute Gasteiger partial charge is 0.497 e. The van der Waals surface area contributed by atoms with Crippen molar-refractivity contribution in [2.45, 2.75) is 6.04 Å². The molecular formula is C9H11NO4S. The molecule has 0 unspecified atom stereocenters. The second-order valence-electron chi connectivity index (χ2n) is 3.18. The molecule has 0 aromatic heterocycles. The van der Waals surface area contributed by atoms with Gasteiger partial charge in [0.05, 0.1) is 19.8 Å². The van der Waals surface area contributed by atoms with Crippen LogP contribution in [0.5, 0.6) is 5.75 Å². The van der Waals surface area contributed by atoms with Gasteiger partial charge in [-0.15, -0.1) is 0 Å². The Morgan fingerprint density at radius 2 is 2.07 bits per heavy atom. The molecule has 2 rings (SSSR count). The summed E-state index contributed by atoms with van der Waals surface area (Å²) in [5, 5.41) is 0. The van der Waals surface area contributed by atoms with E-state index in [2.05, 4.69) is 8.91 Å². The van der Waals surface area contributed by atoms with Gasteiger partial charge < -0.3 is 4.74 Å². The van der Waals surface area contributed by atoms with Crippen molar-refractivity contribution in [3.8, 4) is 5.75 Å². The van der Waals surface area contributed by atoms with Crippen LogP contribution in [0.2, 0.25) is 0 Å². The first-order valence-electron chi connectivity index (χ1n) is 4.41. The van der Waals surface area contributed by atoms with Crippen LogP contribution < -0.4 is 9.46 Å². The smallest absolute Gasteiger partial charge is 0.336 e. The van der Waals surface area contributed by atoms with Crippen LogP contribution in [-0.2, 0) is 14.5 Å². The van der Waals surface area contributed by atoms with Crippen LogP contribution in [-0.4, -0.2) is 22.1 Å². The normalized spacial score (nSPS) is 23.9. The molecule has 1 fully saturated rings. The van der Waals surface area contributed by atoms with Gasteiger partial charge >= 0.3 is 10.3 Å². The quantitative estimate of drug-likeness (QED) is 0.806. The lowest BCUT2D eigenvalue weighted by Gasteiger charge is -2.07. The Bertz CT molecular complexity index is 440. The molecule has 6 heteroatoms. The highest BCUT2D eigenvalue weighted by Gasteiger charge is 2.28. The zero-order valence-electron chi connectivity index (χ0n) is 8.14. The molecule has 0 amide bonds. The second kappa shape index (κ2) is 3.80. The van der Waals surface area contributed by atoms with E-state index in [1.807, 2.05) is 0 Å². The number of hydrogen-bond donors (Lipinski definition) is 1. The molecule has 82 valence electrons. The first-order valence-corrected chi connectivity index (χ1v) is 5.82. The van der Waals surface area contributed by atoms with E-state index in [-0.39, 0.29) is 12.6 Å². The molecule has 1 saturated heterocycles. The minimum atomic E-state index is -3.54. The van der Waals surface area contributed by atoms with Gasteiger partial charge in [-0.3, -0.25) is 4.18 Å². The lowest BCUT2D eigenvalue weighted by Crippen LogP contribution is -2.19. The van der Waals surface area contributed by atoms with Gasteiger partial charge in [-0.1, -0.05) is 12.1 Å². The predicted molar refractivity (Wildman–Crippen MR) is 53.7 cm³/mol. The summed E-state index contributed by atoms with van der Waals surface area (Å²) in [6.07, 6.45) is 0. The Labute approximate surface area is 88.3 Å². The average Bonchev–Trinajstić information content (AvgIpc) is 2.59. The van der Waals surface area contributed by atoms with Crippen molar-refractivity contribution in [2.24, 2.45) is 0 Å². The third kappa shape index (κ3) is 2.28. The minimum Gasteiger partial charge on any atom is -0.497 e. The van der Waals surface area contributed by atoms with Crippen LogP contribution in [0.25, 0.3) is 0 Å². The minimum absolute atomic E-state index is 0.134. The zero-order chi connectivity index (χ0) is 10.9. The van der Waals surface area contributed by atoms with Crippen LogP contribution in [0.4, 0.5) is 0 Å². The third-order valence-electron chi connectivity index (χ3n) is 2.19. The van der Waals surface area contributed by atoms with Gasteiger partial charge in [0, 0.05) is 0 Å². The lowest BCUT2D eigenvalue weighted by atomic mass is 10.1. The highest BCUT2D eigenvalue weighted by atomic mass is 32.2. The van der Waals surface area contributed by atoms with Gasteiger partial charge in [-0.25, -0.2) is 0 Å². The summed E-state index contributed by atoms with van der Waals surface area (Å²) in [6.45, 7) is 0.134. The number of nitrogens with one attached hydrogen (secondary N) is 1. The summed E-state index contributed by atoms with van der Waals surface area (Å²) in [5.41, 5.74) is 0.858. The van der Waals surface area contributed by atoms with Gasteiger partial charge in [0.2, 0.25) is 0 Å². The molecule has 1 N–H and O–H groups in total. The zero-order valence-corrected chi connectivity index (χ0v) is 8.95. The number of benzene rings is 1. The standard InChI is InChI=1S/C9H11NO4S/c1-13-8-4-2-7(3-5-8)9-6-14-15(11,12)10-9/h2-5,9-10H,6H2,1H3/t9-/m1/s1. The van der Waals surface area contributed by atoms with Crippen molar-refractivity contribution in [2.75, 3.05) is 13.7 Å². The Hall–Kier alpha value is -1.11. The van der Waals surface area contributed by atoms with E-state index in [1.54, 1.807) is 31.4 Å². The van der Waals surface area contributed by atoms with Crippen LogP contribution in [0.15, 0.2) is 24.3 Å². The Morgan fingerprint density at radius 3 is 2.53 bits per heavy atom.